The molecule has 5 heteroatoms. The summed E-state index contributed by atoms with van der Waals surface area (Å²) in [4.78, 5) is 9.58. The molecule has 0 radical (unpaired) electrons. The third-order valence-electron chi connectivity index (χ3n) is 8.91. The van der Waals surface area contributed by atoms with Crippen molar-refractivity contribution in [1.82, 2.24) is 23.5 Å². The second kappa shape index (κ2) is 8.30. The number of para-hydroxylation sites is 3. The van der Waals surface area contributed by atoms with Gasteiger partial charge in [-0.25, -0.2) is 4.98 Å². The Morgan fingerprint density at radius 2 is 1.07 bits per heavy atom. The van der Waals surface area contributed by atoms with Crippen LogP contribution in [-0.2, 0) is 0 Å². The molecule has 0 spiro atoms. The molecule has 43 heavy (non-hydrogen) atoms. The number of nitrogens with zero attached hydrogens (tertiary/aromatic N) is 5. The largest absolute Gasteiger partial charge is 0.307 e. The van der Waals surface area contributed by atoms with E-state index in [4.69, 9.17) is 9.97 Å². The van der Waals surface area contributed by atoms with Crippen molar-refractivity contribution < 1.29 is 0 Å². The third kappa shape index (κ3) is 2.95. The molecule has 5 aromatic heterocycles. The molecule has 0 unspecified atom stereocenters. The fraction of sp³-hybridized carbons (Fsp3) is 0. The standard InChI is InChI=1S/C38H23N5/c1-3-10-24(11-4-1)42-32-16-8-7-14-26(32)27-17-18-28-30-22-31-33(41-21-20-40-38(41)29-15-9-19-39-35(29)31)23-34(30)43(37(28)36(27)42)25-12-5-2-6-13-25/h1-23H. The number of rotatable bonds is 2. The maximum absolute atomic E-state index is 4.86. The second-order valence-corrected chi connectivity index (χ2v) is 11.1. The van der Waals surface area contributed by atoms with Crippen molar-refractivity contribution in [3.63, 3.8) is 0 Å². The molecular weight excluding hydrogens is 526 g/mol. The summed E-state index contributed by atoms with van der Waals surface area (Å²) in [6.45, 7) is 0. The molecule has 5 heterocycles. The first kappa shape index (κ1) is 22.7. The molecular formula is C38H23N5. The predicted molar refractivity (Wildman–Crippen MR) is 177 cm³/mol. The molecule has 10 aromatic rings. The fourth-order valence-electron chi connectivity index (χ4n) is 7.16. The quantitative estimate of drug-likeness (QED) is 0.202. The van der Waals surface area contributed by atoms with Gasteiger partial charge in [0.15, 0.2) is 0 Å². The summed E-state index contributed by atoms with van der Waals surface area (Å²) >= 11 is 0. The zero-order valence-electron chi connectivity index (χ0n) is 23.0. The highest BCUT2D eigenvalue weighted by molar-refractivity contribution is 6.26. The van der Waals surface area contributed by atoms with E-state index in [2.05, 4.69) is 135 Å². The highest BCUT2D eigenvalue weighted by atomic mass is 15.0. The molecule has 0 saturated heterocycles. The molecule has 200 valence electrons. The van der Waals surface area contributed by atoms with Crippen LogP contribution in [0, 0.1) is 0 Å². The molecule has 5 aromatic carbocycles. The summed E-state index contributed by atoms with van der Waals surface area (Å²) < 4.78 is 7.06. The Kier molecular flexibility index (Phi) is 4.39. The second-order valence-electron chi connectivity index (χ2n) is 11.1. The summed E-state index contributed by atoms with van der Waals surface area (Å²) in [5.74, 6) is 0. The molecule has 0 saturated carbocycles. The lowest BCUT2D eigenvalue weighted by atomic mass is 10.1. The van der Waals surface area contributed by atoms with E-state index in [0.717, 1.165) is 44.3 Å². The van der Waals surface area contributed by atoms with E-state index in [1.54, 1.807) is 0 Å². The van der Waals surface area contributed by atoms with E-state index in [9.17, 15) is 0 Å². The van der Waals surface area contributed by atoms with Gasteiger partial charge in [0.2, 0.25) is 0 Å². The first-order valence-corrected chi connectivity index (χ1v) is 14.5. The monoisotopic (exact) mass is 549 g/mol. The summed E-state index contributed by atoms with van der Waals surface area (Å²) in [5.41, 5.74) is 9.98. The Morgan fingerprint density at radius 3 is 1.84 bits per heavy atom. The van der Waals surface area contributed by atoms with Crippen molar-refractivity contribution in [2.75, 3.05) is 0 Å². The number of aromatic nitrogens is 5. The number of hydrogen-bond acceptors (Lipinski definition) is 2. The maximum atomic E-state index is 4.86. The van der Waals surface area contributed by atoms with Gasteiger partial charge in [-0.05, 0) is 54.6 Å². The van der Waals surface area contributed by atoms with Crippen LogP contribution < -0.4 is 0 Å². The zero-order valence-corrected chi connectivity index (χ0v) is 23.0. The van der Waals surface area contributed by atoms with Gasteiger partial charge in [-0.2, -0.15) is 0 Å². The van der Waals surface area contributed by atoms with Crippen LogP contribution in [-0.4, -0.2) is 23.5 Å². The van der Waals surface area contributed by atoms with Gasteiger partial charge in [0.1, 0.15) is 5.65 Å². The maximum Gasteiger partial charge on any atom is 0.146 e. The average Bonchev–Trinajstić information content (AvgIpc) is 3.78. The van der Waals surface area contributed by atoms with Gasteiger partial charge in [-0.1, -0.05) is 66.7 Å². The van der Waals surface area contributed by atoms with Crippen LogP contribution in [0.5, 0.6) is 0 Å². The zero-order chi connectivity index (χ0) is 28.1. The summed E-state index contributed by atoms with van der Waals surface area (Å²) in [6.07, 6.45) is 5.80. The van der Waals surface area contributed by atoms with Gasteiger partial charge >= 0.3 is 0 Å². The Labute approximate surface area is 245 Å². The van der Waals surface area contributed by atoms with Crippen molar-refractivity contribution in [3.05, 3.63) is 140 Å². The molecule has 0 fully saturated rings. The Bertz CT molecular complexity index is 2710. The van der Waals surface area contributed by atoms with E-state index in [1.165, 1.54) is 38.1 Å². The first-order valence-electron chi connectivity index (χ1n) is 14.5. The number of pyridine rings is 2. The average molecular weight is 550 g/mol. The molecule has 0 aliphatic carbocycles. The Balaban J connectivity index is 1.50. The van der Waals surface area contributed by atoms with Crippen LogP contribution in [0.25, 0.3) is 82.4 Å². The van der Waals surface area contributed by atoms with E-state index in [0.29, 0.717) is 0 Å². The van der Waals surface area contributed by atoms with Gasteiger partial charge in [0, 0.05) is 62.3 Å². The predicted octanol–water partition coefficient (Wildman–Crippen LogP) is 9.23. The molecule has 0 N–H and O–H groups in total. The molecule has 0 aliphatic rings. The van der Waals surface area contributed by atoms with Gasteiger partial charge in [-0.3, -0.25) is 9.38 Å². The van der Waals surface area contributed by atoms with Crippen LogP contribution in [0.1, 0.15) is 0 Å². The number of fused-ring (bicyclic) bond motifs is 13. The molecule has 0 atom stereocenters. The molecule has 10 rings (SSSR count). The normalized spacial score (nSPS) is 12.2. The molecule has 0 amide bonds. The minimum Gasteiger partial charge on any atom is -0.307 e. The molecule has 0 aliphatic heterocycles. The Hall–Kier alpha value is -5.94. The summed E-state index contributed by atoms with van der Waals surface area (Å²) in [6, 6.07) is 43.5. The van der Waals surface area contributed by atoms with Gasteiger partial charge in [-0.15, -0.1) is 0 Å². The lowest BCUT2D eigenvalue weighted by Crippen LogP contribution is -1.98. The molecule has 0 bridgehead atoms. The lowest BCUT2D eigenvalue weighted by Gasteiger charge is -2.13. The topological polar surface area (TPSA) is 40.1 Å². The fourth-order valence-corrected chi connectivity index (χ4v) is 7.16. The number of benzene rings is 5. The van der Waals surface area contributed by atoms with Crippen molar-refractivity contribution in [1.29, 1.82) is 0 Å². The third-order valence-corrected chi connectivity index (χ3v) is 8.91. The Morgan fingerprint density at radius 1 is 0.419 bits per heavy atom. The first-order chi connectivity index (χ1) is 21.4. The lowest BCUT2D eigenvalue weighted by molar-refractivity contribution is 1.15. The number of hydrogen-bond donors (Lipinski definition) is 0. The smallest absolute Gasteiger partial charge is 0.146 e. The minimum absolute atomic E-state index is 0.920. The summed E-state index contributed by atoms with van der Waals surface area (Å²) in [7, 11) is 0. The number of imidazole rings is 1. The van der Waals surface area contributed by atoms with Gasteiger partial charge < -0.3 is 9.13 Å². The van der Waals surface area contributed by atoms with Crippen LogP contribution in [0.2, 0.25) is 0 Å². The van der Waals surface area contributed by atoms with E-state index in [-0.39, 0.29) is 0 Å². The van der Waals surface area contributed by atoms with Crippen molar-refractivity contribution >= 4 is 71.1 Å². The van der Waals surface area contributed by atoms with E-state index < -0.39 is 0 Å². The van der Waals surface area contributed by atoms with E-state index in [1.807, 2.05) is 18.5 Å². The van der Waals surface area contributed by atoms with Crippen molar-refractivity contribution in [2.24, 2.45) is 0 Å². The minimum atomic E-state index is 0.920. The molecule has 5 nitrogen and oxygen atoms in total. The van der Waals surface area contributed by atoms with Crippen LogP contribution in [0.15, 0.2) is 140 Å². The van der Waals surface area contributed by atoms with Crippen molar-refractivity contribution in [3.8, 4) is 11.4 Å². The van der Waals surface area contributed by atoms with Gasteiger partial charge in [0.25, 0.3) is 0 Å². The van der Waals surface area contributed by atoms with Gasteiger partial charge in [0.05, 0.1) is 33.1 Å². The summed E-state index contributed by atoms with van der Waals surface area (Å²) in [5, 5.41) is 7.06. The van der Waals surface area contributed by atoms with Crippen LogP contribution in [0.4, 0.5) is 0 Å². The highest BCUT2D eigenvalue weighted by Crippen LogP contribution is 2.43. The van der Waals surface area contributed by atoms with Crippen LogP contribution >= 0.6 is 0 Å². The SMILES string of the molecule is c1ccc(-n2c3ccccc3c3ccc4c5cc6c7ncccc7c7nccn7c6cc5n(-c5ccccc5)c4c32)cc1. The van der Waals surface area contributed by atoms with E-state index >= 15 is 0 Å². The highest BCUT2D eigenvalue weighted by Gasteiger charge is 2.22. The van der Waals surface area contributed by atoms with Crippen molar-refractivity contribution in [2.45, 2.75) is 0 Å². The van der Waals surface area contributed by atoms with Crippen LogP contribution in [0.3, 0.4) is 0 Å².